The largest absolute Gasteiger partial charge is 0.392 e. The average Bonchev–Trinajstić information content (AvgIpc) is 3.00. The van der Waals surface area contributed by atoms with Crippen LogP contribution in [0.4, 0.5) is 0 Å². The number of nitrogens with one attached hydrogen (secondary N) is 1. The third kappa shape index (κ3) is 3.29. The molecule has 2 N–H and O–H groups in total. The Morgan fingerprint density at radius 1 is 1.53 bits per heavy atom. The average molecular weight is 206 g/mol. The van der Waals surface area contributed by atoms with E-state index in [0.29, 0.717) is 12.5 Å². The Morgan fingerprint density at radius 3 is 3.00 bits per heavy atom. The van der Waals surface area contributed by atoms with E-state index in [1.54, 1.807) is 0 Å². The van der Waals surface area contributed by atoms with Crippen molar-refractivity contribution in [3.05, 3.63) is 29.6 Å². The molecular weight excluding hydrogens is 188 g/mol. The third-order valence-corrected chi connectivity index (χ3v) is 2.78. The maximum atomic E-state index is 9.64. The Labute approximate surface area is 90.5 Å². The molecule has 3 nitrogen and oxygen atoms in total. The molecule has 1 aliphatic rings. The first-order valence-corrected chi connectivity index (χ1v) is 5.55. The Bertz CT molecular complexity index is 323. The fourth-order valence-corrected chi connectivity index (χ4v) is 1.73. The van der Waals surface area contributed by atoms with E-state index in [-0.39, 0.29) is 6.10 Å². The Hall–Kier alpha value is -0.930. The lowest BCUT2D eigenvalue weighted by Crippen LogP contribution is -2.27. The van der Waals surface area contributed by atoms with Crippen LogP contribution in [0.25, 0.3) is 0 Å². The van der Waals surface area contributed by atoms with Gasteiger partial charge in [0.25, 0.3) is 0 Å². The number of rotatable bonds is 5. The van der Waals surface area contributed by atoms with E-state index >= 15 is 0 Å². The van der Waals surface area contributed by atoms with Crippen LogP contribution in [0, 0.1) is 12.8 Å². The van der Waals surface area contributed by atoms with Gasteiger partial charge < -0.3 is 10.4 Å². The van der Waals surface area contributed by atoms with Crippen LogP contribution in [0.5, 0.6) is 0 Å². The van der Waals surface area contributed by atoms with Crippen molar-refractivity contribution >= 4 is 0 Å². The van der Waals surface area contributed by atoms with E-state index in [1.165, 1.54) is 24.0 Å². The highest BCUT2D eigenvalue weighted by molar-refractivity contribution is 5.16. The smallest absolute Gasteiger partial charge is 0.0692 e. The molecule has 1 heterocycles. The Balaban J connectivity index is 1.73. The van der Waals surface area contributed by atoms with Gasteiger partial charge in [0, 0.05) is 25.5 Å². The molecule has 0 spiro atoms. The third-order valence-electron chi connectivity index (χ3n) is 2.78. The molecule has 1 unspecified atom stereocenters. The molecule has 0 radical (unpaired) electrons. The fourth-order valence-electron chi connectivity index (χ4n) is 1.73. The number of hydrogen-bond acceptors (Lipinski definition) is 3. The van der Waals surface area contributed by atoms with Gasteiger partial charge in [0.05, 0.1) is 6.10 Å². The number of aromatic nitrogens is 1. The second kappa shape index (κ2) is 4.73. The molecule has 0 saturated heterocycles. The highest BCUT2D eigenvalue weighted by Gasteiger charge is 2.28. The molecule has 1 atom stereocenters. The van der Waals surface area contributed by atoms with Crippen molar-refractivity contribution in [3.8, 4) is 0 Å². The van der Waals surface area contributed by atoms with Crippen LogP contribution in [0.1, 0.15) is 24.0 Å². The van der Waals surface area contributed by atoms with E-state index < -0.39 is 0 Å². The van der Waals surface area contributed by atoms with Crippen molar-refractivity contribution in [2.75, 3.05) is 6.54 Å². The molecule has 0 aliphatic heterocycles. The van der Waals surface area contributed by atoms with Gasteiger partial charge >= 0.3 is 0 Å². The first kappa shape index (κ1) is 10.6. The highest BCUT2D eigenvalue weighted by atomic mass is 16.3. The minimum absolute atomic E-state index is 0.164. The van der Waals surface area contributed by atoms with Crippen LogP contribution in [0.15, 0.2) is 18.5 Å². The molecule has 0 bridgehead atoms. The number of nitrogens with zero attached hydrogens (tertiary/aromatic N) is 1. The summed E-state index contributed by atoms with van der Waals surface area (Å²) in [6, 6.07) is 2.11. The zero-order valence-electron chi connectivity index (χ0n) is 9.11. The van der Waals surface area contributed by atoms with Crippen LogP contribution in [0.2, 0.25) is 0 Å². The van der Waals surface area contributed by atoms with Gasteiger partial charge in [0.2, 0.25) is 0 Å². The van der Waals surface area contributed by atoms with E-state index in [2.05, 4.69) is 16.4 Å². The summed E-state index contributed by atoms with van der Waals surface area (Å²) >= 11 is 0. The standard InChI is InChI=1S/C12H18N2O/c1-9-4-10(6-13-5-9)7-14-8-12(15)11-2-3-11/h4-6,11-12,14-15H,2-3,7-8H2,1H3. The summed E-state index contributed by atoms with van der Waals surface area (Å²) in [6.07, 6.45) is 5.93. The van der Waals surface area contributed by atoms with Crippen LogP contribution in [-0.2, 0) is 6.54 Å². The number of aryl methyl sites for hydroxylation is 1. The molecule has 82 valence electrons. The Kier molecular flexibility index (Phi) is 3.34. The zero-order chi connectivity index (χ0) is 10.7. The highest BCUT2D eigenvalue weighted by Crippen LogP contribution is 2.32. The molecule has 0 aromatic carbocycles. The minimum Gasteiger partial charge on any atom is -0.392 e. The van der Waals surface area contributed by atoms with Crippen molar-refractivity contribution < 1.29 is 5.11 Å². The second-order valence-corrected chi connectivity index (χ2v) is 4.41. The van der Waals surface area contributed by atoms with E-state index in [1.807, 2.05) is 19.3 Å². The Morgan fingerprint density at radius 2 is 2.33 bits per heavy atom. The predicted octanol–water partition coefficient (Wildman–Crippen LogP) is 1.25. The minimum atomic E-state index is -0.164. The monoisotopic (exact) mass is 206 g/mol. The van der Waals surface area contributed by atoms with Gasteiger partial charge in [-0.15, -0.1) is 0 Å². The van der Waals surface area contributed by atoms with Gasteiger partial charge in [0.1, 0.15) is 0 Å². The molecule has 0 amide bonds. The SMILES string of the molecule is Cc1cncc(CNCC(O)C2CC2)c1. The zero-order valence-corrected chi connectivity index (χ0v) is 9.11. The van der Waals surface area contributed by atoms with Gasteiger partial charge in [-0.3, -0.25) is 4.98 Å². The predicted molar refractivity (Wildman–Crippen MR) is 59.4 cm³/mol. The topological polar surface area (TPSA) is 45.2 Å². The van der Waals surface area contributed by atoms with E-state index in [9.17, 15) is 5.11 Å². The van der Waals surface area contributed by atoms with Gasteiger partial charge in [0.15, 0.2) is 0 Å². The molecule has 2 rings (SSSR count). The van der Waals surface area contributed by atoms with Crippen LogP contribution < -0.4 is 5.32 Å². The van der Waals surface area contributed by atoms with Gasteiger partial charge in [-0.1, -0.05) is 6.07 Å². The maximum absolute atomic E-state index is 9.64. The van der Waals surface area contributed by atoms with Crippen molar-refractivity contribution in [2.24, 2.45) is 5.92 Å². The summed E-state index contributed by atoms with van der Waals surface area (Å²) in [4.78, 5) is 4.13. The molecule has 1 aliphatic carbocycles. The summed E-state index contributed by atoms with van der Waals surface area (Å²) in [6.45, 7) is 3.52. The van der Waals surface area contributed by atoms with Gasteiger partial charge in [-0.2, -0.15) is 0 Å². The van der Waals surface area contributed by atoms with Gasteiger partial charge in [-0.05, 0) is 36.8 Å². The first-order chi connectivity index (χ1) is 7.25. The number of hydrogen-bond donors (Lipinski definition) is 2. The molecule has 15 heavy (non-hydrogen) atoms. The normalized spacial score (nSPS) is 17.7. The fraction of sp³-hybridized carbons (Fsp3) is 0.583. The first-order valence-electron chi connectivity index (χ1n) is 5.55. The van der Waals surface area contributed by atoms with Crippen molar-refractivity contribution in [2.45, 2.75) is 32.4 Å². The molecule has 3 heteroatoms. The van der Waals surface area contributed by atoms with E-state index in [0.717, 1.165) is 6.54 Å². The van der Waals surface area contributed by atoms with Crippen molar-refractivity contribution in [1.82, 2.24) is 10.3 Å². The molecule has 1 saturated carbocycles. The summed E-state index contributed by atoms with van der Waals surface area (Å²) in [5, 5.41) is 12.9. The molecule has 1 fully saturated rings. The second-order valence-electron chi connectivity index (χ2n) is 4.41. The van der Waals surface area contributed by atoms with Gasteiger partial charge in [-0.25, -0.2) is 0 Å². The lowest BCUT2D eigenvalue weighted by molar-refractivity contribution is 0.148. The quantitative estimate of drug-likeness (QED) is 0.762. The summed E-state index contributed by atoms with van der Waals surface area (Å²) in [5.74, 6) is 0.549. The van der Waals surface area contributed by atoms with E-state index in [4.69, 9.17) is 0 Å². The van der Waals surface area contributed by atoms with Crippen LogP contribution in [0.3, 0.4) is 0 Å². The lowest BCUT2D eigenvalue weighted by atomic mass is 10.2. The van der Waals surface area contributed by atoms with Crippen LogP contribution >= 0.6 is 0 Å². The number of pyridine rings is 1. The summed E-state index contributed by atoms with van der Waals surface area (Å²) < 4.78 is 0. The van der Waals surface area contributed by atoms with Crippen molar-refractivity contribution in [1.29, 1.82) is 0 Å². The molecule has 1 aromatic heterocycles. The molecule has 1 aromatic rings. The number of aliphatic hydroxyl groups is 1. The summed E-state index contributed by atoms with van der Waals surface area (Å²) in [7, 11) is 0. The number of aliphatic hydroxyl groups excluding tert-OH is 1. The maximum Gasteiger partial charge on any atom is 0.0692 e. The molecular formula is C12H18N2O. The lowest BCUT2D eigenvalue weighted by Gasteiger charge is -2.10. The van der Waals surface area contributed by atoms with Crippen LogP contribution in [-0.4, -0.2) is 22.7 Å². The summed E-state index contributed by atoms with van der Waals surface area (Å²) in [5.41, 5.74) is 2.36. The van der Waals surface area contributed by atoms with Crippen molar-refractivity contribution in [3.63, 3.8) is 0 Å².